The van der Waals surface area contributed by atoms with Gasteiger partial charge < -0.3 is 15.5 Å². The predicted octanol–water partition coefficient (Wildman–Crippen LogP) is 2.17. The first-order valence-electron chi connectivity index (χ1n) is 8.10. The number of aromatic nitrogens is 2. The number of carbonyl (C=O) groups excluding carboxylic acids is 1. The minimum atomic E-state index is -0.777. The van der Waals surface area contributed by atoms with Crippen LogP contribution >= 0.6 is 11.3 Å². The normalized spacial score (nSPS) is 11.6. The van der Waals surface area contributed by atoms with E-state index in [-0.39, 0.29) is 35.9 Å². The van der Waals surface area contributed by atoms with Crippen LogP contribution in [0.4, 0.5) is 0 Å². The third kappa shape index (κ3) is 4.67. The van der Waals surface area contributed by atoms with Crippen LogP contribution in [0, 0.1) is 11.3 Å². The number of rotatable bonds is 6. The van der Waals surface area contributed by atoms with Crippen molar-refractivity contribution in [3.8, 4) is 22.5 Å². The number of thiazole rings is 1. The van der Waals surface area contributed by atoms with Crippen molar-refractivity contribution in [2.45, 2.75) is 12.5 Å². The lowest BCUT2D eigenvalue weighted by Gasteiger charge is -2.11. The number of hydrogen-bond acceptors (Lipinski definition) is 7. The third-order valence-electron chi connectivity index (χ3n) is 3.77. The summed E-state index contributed by atoms with van der Waals surface area (Å²) in [6.45, 7) is 0.109. The molecule has 3 N–H and O–H groups in total. The van der Waals surface area contributed by atoms with Gasteiger partial charge in [-0.3, -0.25) is 4.79 Å². The molecule has 1 aromatic carbocycles. The van der Waals surface area contributed by atoms with Crippen LogP contribution in [0.25, 0.3) is 10.7 Å². The van der Waals surface area contributed by atoms with Crippen molar-refractivity contribution >= 4 is 17.2 Å². The number of hydrogen-bond donors (Lipinski definition) is 3. The lowest BCUT2D eigenvalue weighted by Crippen LogP contribution is -2.29. The van der Waals surface area contributed by atoms with Crippen LogP contribution in [0.2, 0.25) is 0 Å². The molecule has 0 aliphatic carbocycles. The van der Waals surface area contributed by atoms with Gasteiger partial charge in [0.2, 0.25) is 5.91 Å². The number of nitriles is 1. The molecular weight excluding hydrogens is 364 g/mol. The predicted molar refractivity (Wildman–Crippen MR) is 99.8 cm³/mol. The van der Waals surface area contributed by atoms with Crippen LogP contribution in [0.3, 0.4) is 0 Å². The number of nitrogens with zero attached hydrogens (tertiary/aromatic N) is 3. The first-order chi connectivity index (χ1) is 13.1. The Hall–Kier alpha value is -3.28. The summed E-state index contributed by atoms with van der Waals surface area (Å²) in [6.07, 6.45) is 0.629. The quantitative estimate of drug-likeness (QED) is 0.603. The molecule has 27 heavy (non-hydrogen) atoms. The van der Waals surface area contributed by atoms with Crippen LogP contribution in [-0.4, -0.2) is 32.6 Å². The van der Waals surface area contributed by atoms with Gasteiger partial charge in [-0.1, -0.05) is 30.3 Å². The standard InChI is InChI=1S/C19H16N4O3S/c20-8-12-6-15(24)18(22-9-12)19-23-14(11-27-19)7-17(26)21-10-16(25)13-4-2-1-3-5-13/h1-6,9,11,16,24-25H,7,10H2,(H,21,26). The van der Waals surface area contributed by atoms with Crippen LogP contribution in [0.15, 0.2) is 48.0 Å². The molecule has 0 spiro atoms. The molecule has 2 heterocycles. The van der Waals surface area contributed by atoms with E-state index in [1.54, 1.807) is 17.5 Å². The summed E-state index contributed by atoms with van der Waals surface area (Å²) in [7, 11) is 0. The Morgan fingerprint density at radius 2 is 2.11 bits per heavy atom. The number of carbonyl (C=O) groups is 1. The highest BCUT2D eigenvalue weighted by Gasteiger charge is 2.14. The first-order valence-corrected chi connectivity index (χ1v) is 8.98. The molecule has 136 valence electrons. The van der Waals surface area contributed by atoms with Crippen molar-refractivity contribution in [3.63, 3.8) is 0 Å². The van der Waals surface area contributed by atoms with E-state index in [9.17, 15) is 15.0 Å². The maximum absolute atomic E-state index is 12.1. The zero-order chi connectivity index (χ0) is 19.2. The van der Waals surface area contributed by atoms with Crippen LogP contribution in [0.1, 0.15) is 22.9 Å². The monoisotopic (exact) mass is 380 g/mol. The zero-order valence-corrected chi connectivity index (χ0v) is 15.0. The number of aromatic hydroxyl groups is 1. The fourth-order valence-corrected chi connectivity index (χ4v) is 3.23. The highest BCUT2D eigenvalue weighted by Crippen LogP contribution is 2.30. The lowest BCUT2D eigenvalue weighted by molar-refractivity contribution is -0.120. The molecule has 0 aliphatic rings. The first kappa shape index (κ1) is 18.5. The molecule has 3 rings (SSSR count). The van der Waals surface area contributed by atoms with Crippen molar-refractivity contribution in [3.05, 3.63) is 64.8 Å². The van der Waals surface area contributed by atoms with Crippen LogP contribution < -0.4 is 5.32 Å². The molecule has 0 bridgehead atoms. The topological polar surface area (TPSA) is 119 Å². The van der Waals surface area contributed by atoms with Crippen LogP contribution in [-0.2, 0) is 11.2 Å². The summed E-state index contributed by atoms with van der Waals surface area (Å²) >= 11 is 1.25. The fourth-order valence-electron chi connectivity index (χ4n) is 2.41. The minimum Gasteiger partial charge on any atom is -0.506 e. The SMILES string of the molecule is N#Cc1cnc(-c2nc(CC(=O)NCC(O)c3ccccc3)cs2)c(O)c1. The number of nitrogens with one attached hydrogen (secondary N) is 1. The van der Waals surface area contributed by atoms with Crippen molar-refractivity contribution in [1.29, 1.82) is 5.26 Å². The molecule has 1 amide bonds. The Kier molecular flexibility index (Phi) is 5.76. The molecule has 7 nitrogen and oxygen atoms in total. The van der Waals surface area contributed by atoms with Gasteiger partial charge in [-0.25, -0.2) is 9.97 Å². The molecular formula is C19H16N4O3S. The highest BCUT2D eigenvalue weighted by atomic mass is 32.1. The van der Waals surface area contributed by atoms with Gasteiger partial charge in [0.25, 0.3) is 0 Å². The number of aliphatic hydroxyl groups excluding tert-OH is 1. The summed E-state index contributed by atoms with van der Waals surface area (Å²) in [5.41, 5.74) is 1.79. The summed E-state index contributed by atoms with van der Waals surface area (Å²) < 4.78 is 0. The average molecular weight is 380 g/mol. The highest BCUT2D eigenvalue weighted by molar-refractivity contribution is 7.13. The number of benzene rings is 1. The van der Waals surface area contributed by atoms with Crippen molar-refractivity contribution in [1.82, 2.24) is 15.3 Å². The zero-order valence-electron chi connectivity index (χ0n) is 14.2. The summed E-state index contributed by atoms with van der Waals surface area (Å²) in [5.74, 6) is -0.399. The van der Waals surface area contributed by atoms with E-state index < -0.39 is 6.10 Å². The Balaban J connectivity index is 1.59. The average Bonchev–Trinajstić information content (AvgIpc) is 3.14. The van der Waals surface area contributed by atoms with Crippen molar-refractivity contribution in [2.24, 2.45) is 0 Å². The van der Waals surface area contributed by atoms with E-state index in [1.807, 2.05) is 24.3 Å². The second-order valence-corrected chi connectivity index (χ2v) is 6.61. The van der Waals surface area contributed by atoms with Gasteiger partial charge in [0.05, 0.1) is 23.8 Å². The summed E-state index contributed by atoms with van der Waals surface area (Å²) in [5, 5.41) is 33.7. The van der Waals surface area contributed by atoms with E-state index in [0.717, 1.165) is 5.56 Å². The molecule has 3 aromatic rings. The molecule has 0 saturated heterocycles. The third-order valence-corrected chi connectivity index (χ3v) is 4.67. The van der Waals surface area contributed by atoms with Gasteiger partial charge >= 0.3 is 0 Å². The van der Waals surface area contributed by atoms with E-state index >= 15 is 0 Å². The largest absolute Gasteiger partial charge is 0.506 e. The van der Waals surface area contributed by atoms with E-state index in [4.69, 9.17) is 5.26 Å². The molecule has 0 saturated carbocycles. The lowest BCUT2D eigenvalue weighted by atomic mass is 10.1. The Bertz CT molecular complexity index is 982. The Labute approximate surface area is 159 Å². The van der Waals surface area contributed by atoms with Gasteiger partial charge in [0, 0.05) is 24.2 Å². The fraction of sp³-hybridized carbons (Fsp3) is 0.158. The van der Waals surface area contributed by atoms with E-state index in [1.165, 1.54) is 23.6 Å². The molecule has 8 heteroatoms. The minimum absolute atomic E-state index is 0.0506. The van der Waals surface area contributed by atoms with Gasteiger partial charge in [0.1, 0.15) is 22.5 Å². The molecule has 0 radical (unpaired) electrons. The van der Waals surface area contributed by atoms with E-state index in [0.29, 0.717) is 10.7 Å². The van der Waals surface area contributed by atoms with Gasteiger partial charge in [0.15, 0.2) is 0 Å². The number of aliphatic hydroxyl groups is 1. The number of pyridine rings is 1. The maximum Gasteiger partial charge on any atom is 0.226 e. The van der Waals surface area contributed by atoms with Gasteiger partial charge in [-0.15, -0.1) is 11.3 Å². The molecule has 1 atom stereocenters. The van der Waals surface area contributed by atoms with Crippen LogP contribution in [0.5, 0.6) is 5.75 Å². The smallest absolute Gasteiger partial charge is 0.226 e. The second kappa shape index (κ2) is 8.40. The molecule has 0 fully saturated rings. The summed E-state index contributed by atoms with van der Waals surface area (Å²) in [6, 6.07) is 12.3. The van der Waals surface area contributed by atoms with E-state index in [2.05, 4.69) is 15.3 Å². The van der Waals surface area contributed by atoms with Gasteiger partial charge in [-0.05, 0) is 5.56 Å². The molecule has 0 aliphatic heterocycles. The van der Waals surface area contributed by atoms with Crippen molar-refractivity contribution < 1.29 is 15.0 Å². The maximum atomic E-state index is 12.1. The molecule has 2 aromatic heterocycles. The number of amides is 1. The Morgan fingerprint density at radius 1 is 1.33 bits per heavy atom. The summed E-state index contributed by atoms with van der Waals surface area (Å²) in [4.78, 5) is 20.4. The Morgan fingerprint density at radius 3 is 2.81 bits per heavy atom. The van der Waals surface area contributed by atoms with Gasteiger partial charge in [-0.2, -0.15) is 5.26 Å². The molecule has 1 unspecified atom stereocenters. The second-order valence-electron chi connectivity index (χ2n) is 5.75. The van der Waals surface area contributed by atoms with Crippen molar-refractivity contribution in [2.75, 3.05) is 6.54 Å².